The van der Waals surface area contributed by atoms with Crippen LogP contribution in [-0.4, -0.2) is 49.8 Å². The summed E-state index contributed by atoms with van der Waals surface area (Å²) in [6, 6.07) is 5.00. The number of hydrogen-bond acceptors (Lipinski definition) is 4. The van der Waals surface area contributed by atoms with Gasteiger partial charge in [-0.25, -0.2) is 13.2 Å². The number of hydrogen-bond donors (Lipinski definition) is 1. The number of nitrogens with one attached hydrogen (secondary N) is 1. The van der Waals surface area contributed by atoms with Crippen LogP contribution >= 0.6 is 0 Å². The third kappa shape index (κ3) is 4.47. The Morgan fingerprint density at radius 3 is 2.46 bits per heavy atom. The van der Waals surface area contributed by atoms with Crippen molar-refractivity contribution in [3.8, 4) is 0 Å². The van der Waals surface area contributed by atoms with E-state index in [1.807, 2.05) is 0 Å². The number of sulfonamides is 1. The fourth-order valence-electron chi connectivity index (χ4n) is 2.80. The van der Waals surface area contributed by atoms with Crippen molar-refractivity contribution in [1.82, 2.24) is 14.5 Å². The number of amides is 2. The molecule has 2 amide bonds. The second-order valence-electron chi connectivity index (χ2n) is 6.21. The predicted molar refractivity (Wildman–Crippen MR) is 92.7 cm³/mol. The van der Waals surface area contributed by atoms with Gasteiger partial charge in [0, 0.05) is 38.3 Å². The van der Waals surface area contributed by atoms with E-state index in [0.29, 0.717) is 6.07 Å². The molecule has 0 radical (unpaired) electrons. The number of carbonyl (C=O) groups excluding carboxylic acids is 1. The Kier molecular flexibility index (Phi) is 5.66. The Bertz CT molecular complexity index is 921. The zero-order chi connectivity index (χ0) is 20.4. The first-order chi connectivity index (χ1) is 13.2. The lowest BCUT2D eigenvalue weighted by Crippen LogP contribution is -2.52. The van der Waals surface area contributed by atoms with E-state index >= 15 is 0 Å². The molecule has 1 aromatic heterocycles. The van der Waals surface area contributed by atoms with Crippen LogP contribution in [0.4, 0.5) is 18.0 Å². The van der Waals surface area contributed by atoms with Gasteiger partial charge in [-0.3, -0.25) is 0 Å². The molecule has 1 saturated heterocycles. The van der Waals surface area contributed by atoms with Crippen molar-refractivity contribution >= 4 is 16.1 Å². The Morgan fingerprint density at radius 1 is 1.14 bits per heavy atom. The van der Waals surface area contributed by atoms with Crippen LogP contribution in [-0.2, 0) is 22.7 Å². The largest absolute Gasteiger partial charge is 0.472 e. The molecule has 0 saturated carbocycles. The van der Waals surface area contributed by atoms with E-state index in [-0.39, 0.29) is 38.8 Å². The van der Waals surface area contributed by atoms with Gasteiger partial charge < -0.3 is 14.6 Å². The molecule has 0 bridgehead atoms. The molecule has 152 valence electrons. The molecular weight excluding hydrogens is 399 g/mol. The third-order valence-corrected chi connectivity index (χ3v) is 6.24. The molecule has 0 aliphatic carbocycles. The standard InChI is InChI=1S/C17H18F3N3O4S/c18-17(19,20)14-2-1-3-15(10-14)28(25,26)23-7-5-22(6-8-23)16(24)21-11-13-4-9-27-12-13/h1-4,9-10,12H,5-8,11H2,(H,21,24). The number of alkyl halides is 3. The molecule has 0 unspecified atom stereocenters. The molecule has 1 aliphatic heterocycles. The van der Waals surface area contributed by atoms with Gasteiger partial charge in [-0.15, -0.1) is 0 Å². The summed E-state index contributed by atoms with van der Waals surface area (Å²) in [5.74, 6) is 0. The Hall–Kier alpha value is -2.53. The highest BCUT2D eigenvalue weighted by molar-refractivity contribution is 7.89. The summed E-state index contributed by atoms with van der Waals surface area (Å²) in [7, 11) is -4.08. The van der Waals surface area contributed by atoms with Gasteiger partial charge >= 0.3 is 12.2 Å². The highest BCUT2D eigenvalue weighted by atomic mass is 32.2. The Morgan fingerprint density at radius 2 is 1.86 bits per heavy atom. The quantitative estimate of drug-likeness (QED) is 0.829. The van der Waals surface area contributed by atoms with E-state index in [2.05, 4.69) is 5.32 Å². The minimum absolute atomic E-state index is 0.00227. The minimum atomic E-state index is -4.63. The van der Waals surface area contributed by atoms with Crippen molar-refractivity contribution in [2.75, 3.05) is 26.2 Å². The van der Waals surface area contributed by atoms with E-state index in [9.17, 15) is 26.4 Å². The van der Waals surface area contributed by atoms with Gasteiger partial charge in [-0.05, 0) is 24.3 Å². The number of carbonyl (C=O) groups is 1. The van der Waals surface area contributed by atoms with Gasteiger partial charge in [-0.1, -0.05) is 6.07 Å². The van der Waals surface area contributed by atoms with E-state index in [0.717, 1.165) is 28.1 Å². The molecule has 1 aliphatic rings. The lowest BCUT2D eigenvalue weighted by Gasteiger charge is -2.34. The van der Waals surface area contributed by atoms with E-state index in [1.165, 1.54) is 17.4 Å². The van der Waals surface area contributed by atoms with Gasteiger partial charge in [0.15, 0.2) is 0 Å². The second-order valence-corrected chi connectivity index (χ2v) is 8.14. The lowest BCUT2D eigenvalue weighted by molar-refractivity contribution is -0.137. The number of furan rings is 1. The van der Waals surface area contributed by atoms with E-state index in [4.69, 9.17) is 4.42 Å². The summed E-state index contributed by atoms with van der Waals surface area (Å²) in [5, 5.41) is 2.70. The predicted octanol–water partition coefficient (Wildman–Crippen LogP) is 2.51. The molecule has 1 N–H and O–H groups in total. The number of piperazine rings is 1. The zero-order valence-corrected chi connectivity index (χ0v) is 15.5. The molecule has 3 rings (SSSR count). The second kappa shape index (κ2) is 7.84. The summed E-state index contributed by atoms with van der Waals surface area (Å²) < 4.78 is 69.8. The molecule has 1 aromatic carbocycles. The molecule has 0 atom stereocenters. The molecule has 2 aromatic rings. The first-order valence-corrected chi connectivity index (χ1v) is 9.83. The maximum Gasteiger partial charge on any atom is 0.416 e. The average molecular weight is 417 g/mol. The lowest BCUT2D eigenvalue weighted by atomic mass is 10.2. The van der Waals surface area contributed by atoms with E-state index in [1.54, 1.807) is 6.07 Å². The molecule has 11 heteroatoms. The number of halogens is 3. The summed E-state index contributed by atoms with van der Waals surface area (Å²) in [4.78, 5) is 13.2. The highest BCUT2D eigenvalue weighted by Gasteiger charge is 2.34. The first kappa shape index (κ1) is 20.2. The van der Waals surface area contributed by atoms with Crippen LogP contribution in [0.5, 0.6) is 0 Å². The van der Waals surface area contributed by atoms with Crippen molar-refractivity contribution in [2.45, 2.75) is 17.6 Å². The van der Waals surface area contributed by atoms with Crippen LogP contribution in [0.2, 0.25) is 0 Å². The van der Waals surface area contributed by atoms with Gasteiger partial charge in [0.25, 0.3) is 0 Å². The maximum atomic E-state index is 12.8. The van der Waals surface area contributed by atoms with E-state index < -0.39 is 26.7 Å². The Balaban J connectivity index is 1.61. The van der Waals surface area contributed by atoms with Crippen molar-refractivity contribution in [2.24, 2.45) is 0 Å². The fraction of sp³-hybridized carbons (Fsp3) is 0.353. The van der Waals surface area contributed by atoms with Crippen LogP contribution in [0.15, 0.2) is 52.2 Å². The summed E-state index contributed by atoms with van der Waals surface area (Å²) in [6.45, 7) is 0.540. The zero-order valence-electron chi connectivity index (χ0n) is 14.6. The first-order valence-electron chi connectivity index (χ1n) is 8.39. The van der Waals surface area contributed by atoms with Crippen molar-refractivity contribution < 1.29 is 30.8 Å². The highest BCUT2D eigenvalue weighted by Crippen LogP contribution is 2.31. The van der Waals surface area contributed by atoms with Gasteiger partial charge in [-0.2, -0.15) is 17.5 Å². The van der Waals surface area contributed by atoms with Crippen molar-refractivity contribution in [3.63, 3.8) is 0 Å². The number of rotatable bonds is 4. The minimum Gasteiger partial charge on any atom is -0.472 e. The normalized spacial score (nSPS) is 16.2. The van der Waals surface area contributed by atoms with Crippen LogP contribution in [0.3, 0.4) is 0 Å². The number of benzene rings is 1. The molecule has 2 heterocycles. The molecule has 7 nitrogen and oxygen atoms in total. The van der Waals surface area contributed by atoms with Crippen molar-refractivity contribution in [1.29, 1.82) is 0 Å². The maximum absolute atomic E-state index is 12.8. The van der Waals surface area contributed by atoms with Crippen molar-refractivity contribution in [3.05, 3.63) is 54.0 Å². The third-order valence-electron chi connectivity index (χ3n) is 4.35. The van der Waals surface area contributed by atoms with Gasteiger partial charge in [0.05, 0.1) is 23.0 Å². The van der Waals surface area contributed by atoms with Crippen LogP contribution in [0.1, 0.15) is 11.1 Å². The Labute approximate surface area is 159 Å². The topological polar surface area (TPSA) is 82.9 Å². The fourth-order valence-corrected chi connectivity index (χ4v) is 4.26. The summed E-state index contributed by atoms with van der Waals surface area (Å²) in [5.41, 5.74) is -0.232. The monoisotopic (exact) mass is 417 g/mol. The molecular formula is C17H18F3N3O4S. The van der Waals surface area contributed by atoms with Gasteiger partial charge in [0.2, 0.25) is 10.0 Å². The summed E-state index contributed by atoms with van der Waals surface area (Å²) >= 11 is 0. The van der Waals surface area contributed by atoms with Crippen LogP contribution in [0, 0.1) is 0 Å². The number of nitrogens with zero attached hydrogens (tertiary/aromatic N) is 2. The SMILES string of the molecule is O=C(NCc1ccoc1)N1CCN(S(=O)(=O)c2cccc(C(F)(F)F)c2)CC1. The molecule has 28 heavy (non-hydrogen) atoms. The number of urea groups is 1. The molecule has 1 fully saturated rings. The van der Waals surface area contributed by atoms with Crippen LogP contribution in [0.25, 0.3) is 0 Å². The smallest absolute Gasteiger partial charge is 0.416 e. The van der Waals surface area contributed by atoms with Crippen LogP contribution < -0.4 is 5.32 Å². The van der Waals surface area contributed by atoms with Gasteiger partial charge in [0.1, 0.15) is 0 Å². The summed E-state index contributed by atoms with van der Waals surface area (Å²) in [6.07, 6.45) is -1.64. The average Bonchev–Trinajstić information content (AvgIpc) is 3.19. The molecule has 0 spiro atoms.